The van der Waals surface area contributed by atoms with E-state index in [1.165, 1.54) is 11.8 Å². The second kappa shape index (κ2) is 8.39. The van der Waals surface area contributed by atoms with Crippen molar-refractivity contribution < 1.29 is 4.79 Å². The van der Waals surface area contributed by atoms with E-state index in [4.69, 9.17) is 12.2 Å². The van der Waals surface area contributed by atoms with Crippen molar-refractivity contribution in [3.63, 3.8) is 0 Å². The maximum Gasteiger partial charge on any atom is 0.250 e. The minimum Gasteiger partial charge on any atom is -0.356 e. The summed E-state index contributed by atoms with van der Waals surface area (Å²) in [4.78, 5) is 26.6. The molecule has 1 N–H and O–H groups in total. The summed E-state index contributed by atoms with van der Waals surface area (Å²) in [5, 5.41) is 2.89. The molecule has 1 aromatic carbocycles. The van der Waals surface area contributed by atoms with Gasteiger partial charge < -0.3 is 14.8 Å². The summed E-state index contributed by atoms with van der Waals surface area (Å²) < 4.78 is 3.64. The largest absolute Gasteiger partial charge is 0.356 e. The molecule has 0 unspecified atom stereocenters. The molecule has 28 heavy (non-hydrogen) atoms. The summed E-state index contributed by atoms with van der Waals surface area (Å²) in [5.74, 6) is 0.957. The van der Waals surface area contributed by atoms with Crippen LogP contribution in [0.4, 0.5) is 5.69 Å². The van der Waals surface area contributed by atoms with Crippen LogP contribution in [0.3, 0.4) is 0 Å². The number of thioether (sulfide) groups is 1. The molecule has 0 spiro atoms. The van der Waals surface area contributed by atoms with Crippen LogP contribution in [-0.2, 0) is 11.3 Å². The normalized spacial score (nSPS) is 20.4. The first-order valence-corrected chi connectivity index (χ1v) is 11.3. The Labute approximate surface area is 181 Å². The molecule has 2 aliphatic heterocycles. The van der Waals surface area contributed by atoms with Gasteiger partial charge in [0.15, 0.2) is 0 Å². The summed E-state index contributed by atoms with van der Waals surface area (Å²) in [6, 6.07) is 13.0. The molecular weight excluding hydrogens is 458 g/mol. The van der Waals surface area contributed by atoms with Crippen LogP contribution >= 0.6 is 39.9 Å². The highest BCUT2D eigenvalue weighted by Gasteiger charge is 2.35. The summed E-state index contributed by atoms with van der Waals surface area (Å²) in [7, 11) is 0. The van der Waals surface area contributed by atoms with Crippen LogP contribution < -0.4 is 10.9 Å². The van der Waals surface area contributed by atoms with Gasteiger partial charge in [-0.3, -0.25) is 9.59 Å². The van der Waals surface area contributed by atoms with E-state index >= 15 is 0 Å². The van der Waals surface area contributed by atoms with Crippen molar-refractivity contribution in [1.29, 1.82) is 0 Å². The number of aromatic nitrogens is 1. The number of nitrogens with one attached hydrogen (secondary N) is 1. The first kappa shape index (κ1) is 19.7. The highest BCUT2D eigenvalue weighted by Crippen LogP contribution is 2.36. The summed E-state index contributed by atoms with van der Waals surface area (Å²) in [6.07, 6.45) is 1.09. The van der Waals surface area contributed by atoms with Gasteiger partial charge in [-0.15, -0.1) is 0 Å². The first-order valence-electron chi connectivity index (χ1n) is 9.16. The van der Waals surface area contributed by atoms with Gasteiger partial charge in [0, 0.05) is 47.5 Å². The van der Waals surface area contributed by atoms with Crippen molar-refractivity contribution in [2.75, 3.05) is 24.2 Å². The van der Waals surface area contributed by atoms with Gasteiger partial charge in [-0.2, -0.15) is 0 Å². The van der Waals surface area contributed by atoms with Gasteiger partial charge in [-0.25, -0.2) is 0 Å². The van der Waals surface area contributed by atoms with Crippen molar-refractivity contribution in [3.05, 3.63) is 63.0 Å². The number of thiocarbonyl (C=S) groups is 1. The van der Waals surface area contributed by atoms with E-state index in [1.807, 2.05) is 41.0 Å². The number of benzene rings is 1. The Hall–Kier alpha value is -1.64. The molecule has 2 atom stereocenters. The molecular formula is C20H20BrN3O2S2. The van der Waals surface area contributed by atoms with Crippen LogP contribution in [0.1, 0.15) is 18.0 Å². The predicted molar refractivity (Wildman–Crippen MR) is 121 cm³/mol. The van der Waals surface area contributed by atoms with Crippen LogP contribution in [0, 0.1) is 5.92 Å². The molecule has 1 amide bonds. The number of halogens is 1. The van der Waals surface area contributed by atoms with E-state index in [2.05, 4.69) is 26.1 Å². The van der Waals surface area contributed by atoms with E-state index in [9.17, 15) is 9.59 Å². The number of anilines is 1. The Kier molecular flexibility index (Phi) is 5.89. The van der Waals surface area contributed by atoms with Gasteiger partial charge in [0.25, 0.3) is 5.56 Å². The Bertz CT molecular complexity index is 961. The third-order valence-corrected chi connectivity index (χ3v) is 7.24. The van der Waals surface area contributed by atoms with Gasteiger partial charge >= 0.3 is 0 Å². The number of nitrogens with zero attached hydrogens (tertiary/aromatic N) is 2. The summed E-state index contributed by atoms with van der Waals surface area (Å²) in [5.41, 5.74) is 1.96. The molecule has 1 aromatic heterocycles. The fourth-order valence-electron chi connectivity index (χ4n) is 3.99. The second-order valence-electron chi connectivity index (χ2n) is 7.21. The zero-order chi connectivity index (χ0) is 19.7. The fraction of sp³-hybridized carbons (Fsp3) is 0.350. The van der Waals surface area contributed by atoms with Crippen LogP contribution in [0.25, 0.3) is 0 Å². The average molecular weight is 478 g/mol. The molecule has 0 radical (unpaired) electrons. The predicted octanol–water partition coefficient (Wildman–Crippen LogP) is 3.69. The molecule has 8 heteroatoms. The van der Waals surface area contributed by atoms with Crippen molar-refractivity contribution in [3.8, 4) is 0 Å². The number of hydrogen-bond acceptors (Lipinski definition) is 4. The van der Waals surface area contributed by atoms with E-state index in [-0.39, 0.29) is 17.2 Å². The van der Waals surface area contributed by atoms with Crippen LogP contribution in [0.15, 0.2) is 51.7 Å². The van der Waals surface area contributed by atoms with E-state index < -0.39 is 0 Å². The number of pyridine rings is 1. The lowest BCUT2D eigenvalue weighted by Gasteiger charge is -2.43. The smallest absolute Gasteiger partial charge is 0.250 e. The number of amides is 1. The van der Waals surface area contributed by atoms with Crippen LogP contribution in [-0.4, -0.2) is 38.5 Å². The first-order chi connectivity index (χ1) is 13.5. The number of rotatable bonds is 3. The Morgan fingerprint density at radius 1 is 1.18 bits per heavy atom. The number of carbonyl (C=O) groups excluding carboxylic acids is 1. The third kappa shape index (κ3) is 4.34. The lowest BCUT2D eigenvalue weighted by molar-refractivity contribution is -0.113. The van der Waals surface area contributed by atoms with Gasteiger partial charge in [0.05, 0.1) is 5.75 Å². The third-order valence-electron chi connectivity index (χ3n) is 5.19. The van der Waals surface area contributed by atoms with Gasteiger partial charge in [-0.05, 0) is 42.7 Å². The standard InChI is InChI=1S/C20H20BrN3O2S2/c21-15-4-6-16(7-5-15)22-18(25)12-28-20(27)23-9-13-8-14(11-23)17-2-1-3-19(26)24(17)10-13/h1-7,13-14H,8-12H2,(H,22,25)/t13-,14-/m1/s1. The molecule has 2 aliphatic rings. The highest BCUT2D eigenvalue weighted by molar-refractivity contribution is 9.10. The maximum absolute atomic E-state index is 12.2. The zero-order valence-electron chi connectivity index (χ0n) is 15.1. The van der Waals surface area contributed by atoms with Gasteiger partial charge in [-0.1, -0.05) is 46.0 Å². The maximum atomic E-state index is 12.2. The minimum atomic E-state index is -0.0660. The Balaban J connectivity index is 1.34. The molecule has 5 nitrogen and oxygen atoms in total. The van der Waals surface area contributed by atoms with E-state index in [0.717, 1.165) is 46.2 Å². The molecule has 1 fully saturated rings. The molecule has 3 heterocycles. The van der Waals surface area contributed by atoms with Gasteiger partial charge in [0.1, 0.15) is 4.32 Å². The van der Waals surface area contributed by atoms with Crippen molar-refractivity contribution in [1.82, 2.24) is 9.47 Å². The topological polar surface area (TPSA) is 54.3 Å². The second-order valence-corrected chi connectivity index (χ2v) is 9.74. The number of hydrogen-bond donors (Lipinski definition) is 1. The minimum absolute atomic E-state index is 0.0660. The molecule has 2 aromatic rings. The SMILES string of the molecule is O=C(CSC(=S)N1C[C@H]2C[C@H](C1)c1cccc(=O)n1C2)Nc1ccc(Br)cc1. The Morgan fingerprint density at radius 2 is 1.96 bits per heavy atom. The van der Waals surface area contributed by atoms with E-state index in [0.29, 0.717) is 11.8 Å². The van der Waals surface area contributed by atoms with Crippen molar-refractivity contribution in [2.24, 2.45) is 5.92 Å². The van der Waals surface area contributed by atoms with Crippen molar-refractivity contribution >= 4 is 55.8 Å². The van der Waals surface area contributed by atoms with Gasteiger partial charge in [0.2, 0.25) is 5.91 Å². The molecule has 4 rings (SSSR count). The van der Waals surface area contributed by atoms with Crippen molar-refractivity contribution in [2.45, 2.75) is 18.9 Å². The van der Waals surface area contributed by atoms with Crippen LogP contribution in [0.2, 0.25) is 0 Å². The summed E-state index contributed by atoms with van der Waals surface area (Å²) in [6.45, 7) is 2.40. The molecule has 1 saturated heterocycles. The lowest BCUT2D eigenvalue weighted by Crippen LogP contribution is -2.48. The highest BCUT2D eigenvalue weighted by atomic mass is 79.9. The monoisotopic (exact) mass is 477 g/mol. The Morgan fingerprint density at radius 3 is 2.75 bits per heavy atom. The zero-order valence-corrected chi connectivity index (χ0v) is 18.4. The molecule has 0 aliphatic carbocycles. The van der Waals surface area contributed by atoms with E-state index in [1.54, 1.807) is 6.07 Å². The number of piperidine rings is 1. The number of carbonyl (C=O) groups is 1. The molecule has 146 valence electrons. The lowest BCUT2D eigenvalue weighted by atomic mass is 9.83. The van der Waals surface area contributed by atoms with Crippen LogP contribution in [0.5, 0.6) is 0 Å². The average Bonchev–Trinajstić information content (AvgIpc) is 2.68. The fourth-order valence-corrected chi connectivity index (χ4v) is 5.24. The molecule has 0 saturated carbocycles. The molecule has 2 bridgehead atoms. The summed E-state index contributed by atoms with van der Waals surface area (Å²) >= 11 is 10.4. The number of fused-ring (bicyclic) bond motifs is 4. The number of likely N-dealkylation sites (tertiary alicyclic amines) is 1. The quantitative estimate of drug-likeness (QED) is 0.683.